The first kappa shape index (κ1) is 28.4. The molecule has 0 fully saturated rings. The second kappa shape index (κ2) is 11.7. The van der Waals surface area contributed by atoms with E-state index in [1.807, 2.05) is 0 Å². The predicted octanol–water partition coefficient (Wildman–Crippen LogP) is 5.85. The van der Waals surface area contributed by atoms with Crippen LogP contribution in [0.15, 0.2) is 42.5 Å². The monoisotopic (exact) mass is 536 g/mol. The SMILES string of the molecule is CN(C[C@](CCC=O)(c1ccc(Cl)c(Cl)c1)N(C)C(=O)Oc1cccc(F)c1)C(=O)CC(F)(F)F. The van der Waals surface area contributed by atoms with Gasteiger partial charge in [-0.25, -0.2) is 9.18 Å². The molecule has 0 radical (unpaired) electrons. The van der Waals surface area contributed by atoms with Gasteiger partial charge < -0.3 is 14.4 Å². The molecule has 0 heterocycles. The quantitative estimate of drug-likeness (QED) is 0.298. The summed E-state index contributed by atoms with van der Waals surface area (Å²) in [5.41, 5.74) is -1.27. The fourth-order valence-corrected chi connectivity index (χ4v) is 3.82. The molecule has 0 aliphatic heterocycles. The summed E-state index contributed by atoms with van der Waals surface area (Å²) in [6.45, 7) is -0.442. The van der Waals surface area contributed by atoms with Crippen molar-refractivity contribution >= 4 is 41.5 Å². The summed E-state index contributed by atoms with van der Waals surface area (Å²) in [5.74, 6) is -2.03. The fraction of sp³-hybridized carbons (Fsp3) is 0.348. The maximum absolute atomic E-state index is 13.6. The van der Waals surface area contributed by atoms with Crippen molar-refractivity contribution in [1.82, 2.24) is 9.80 Å². The molecule has 190 valence electrons. The average molecular weight is 537 g/mol. The minimum atomic E-state index is -4.75. The van der Waals surface area contributed by atoms with Crippen LogP contribution in [-0.4, -0.2) is 54.9 Å². The van der Waals surface area contributed by atoms with Gasteiger partial charge in [0, 0.05) is 33.1 Å². The summed E-state index contributed by atoms with van der Waals surface area (Å²) < 4.78 is 57.3. The van der Waals surface area contributed by atoms with Gasteiger partial charge in [-0.1, -0.05) is 35.3 Å². The summed E-state index contributed by atoms with van der Waals surface area (Å²) in [6.07, 6.45) is -7.14. The molecule has 2 aromatic rings. The van der Waals surface area contributed by atoms with Crippen molar-refractivity contribution in [2.75, 3.05) is 20.6 Å². The van der Waals surface area contributed by atoms with Crippen molar-refractivity contribution in [1.29, 1.82) is 0 Å². The van der Waals surface area contributed by atoms with E-state index in [2.05, 4.69) is 0 Å². The minimum absolute atomic E-state index is 0.0795. The number of hydrogen-bond donors (Lipinski definition) is 0. The molecule has 0 N–H and O–H groups in total. The number of halogens is 6. The molecule has 0 unspecified atom stereocenters. The highest BCUT2D eigenvalue weighted by Gasteiger charge is 2.43. The molecule has 0 saturated carbocycles. The van der Waals surface area contributed by atoms with E-state index in [1.54, 1.807) is 0 Å². The van der Waals surface area contributed by atoms with Crippen LogP contribution in [0.1, 0.15) is 24.8 Å². The number of nitrogens with zero attached hydrogens (tertiary/aromatic N) is 2. The lowest BCUT2D eigenvalue weighted by Gasteiger charge is -2.44. The number of amides is 2. The number of carbonyl (C=O) groups excluding carboxylic acids is 3. The zero-order valence-electron chi connectivity index (χ0n) is 18.7. The Morgan fingerprint density at radius 3 is 2.31 bits per heavy atom. The lowest BCUT2D eigenvalue weighted by Crippen LogP contribution is -2.55. The molecular formula is C23H22Cl2F4N2O4. The molecule has 2 rings (SSSR count). The van der Waals surface area contributed by atoms with Gasteiger partial charge in [-0.2, -0.15) is 13.2 Å². The normalized spacial score (nSPS) is 13.0. The first-order chi connectivity index (χ1) is 16.3. The van der Waals surface area contributed by atoms with Gasteiger partial charge in [-0.15, -0.1) is 0 Å². The summed E-state index contributed by atoms with van der Waals surface area (Å²) in [4.78, 5) is 38.5. The van der Waals surface area contributed by atoms with Crippen molar-refractivity contribution in [3.05, 3.63) is 63.9 Å². The number of aldehydes is 1. The molecule has 2 amide bonds. The second-order valence-corrected chi connectivity index (χ2v) is 8.61. The molecule has 0 bridgehead atoms. The molecule has 0 spiro atoms. The van der Waals surface area contributed by atoms with Crippen molar-refractivity contribution in [3.8, 4) is 5.75 Å². The van der Waals surface area contributed by atoms with Gasteiger partial charge in [0.05, 0.1) is 15.6 Å². The van der Waals surface area contributed by atoms with Gasteiger partial charge in [0.2, 0.25) is 5.91 Å². The van der Waals surface area contributed by atoms with Crippen molar-refractivity contribution < 1.29 is 36.7 Å². The van der Waals surface area contributed by atoms with E-state index in [9.17, 15) is 31.9 Å². The van der Waals surface area contributed by atoms with Crippen LogP contribution >= 0.6 is 23.2 Å². The zero-order chi connectivity index (χ0) is 26.4. The number of likely N-dealkylation sites (N-methyl/N-ethyl adjacent to an activating group) is 2. The van der Waals surface area contributed by atoms with Crippen LogP contribution in [0.25, 0.3) is 0 Å². The molecule has 6 nitrogen and oxygen atoms in total. The van der Waals surface area contributed by atoms with Gasteiger partial charge in [-0.3, -0.25) is 9.69 Å². The molecular weight excluding hydrogens is 515 g/mol. The van der Waals surface area contributed by atoms with Crippen LogP contribution in [-0.2, 0) is 15.1 Å². The van der Waals surface area contributed by atoms with Gasteiger partial charge >= 0.3 is 12.3 Å². The largest absolute Gasteiger partial charge is 0.415 e. The first-order valence-corrected chi connectivity index (χ1v) is 11.0. The Kier molecular flexibility index (Phi) is 9.51. The maximum Gasteiger partial charge on any atom is 0.415 e. The Balaban J connectivity index is 2.55. The number of carbonyl (C=O) groups is 3. The van der Waals surface area contributed by atoms with Gasteiger partial charge in [-0.05, 0) is 36.2 Å². The number of alkyl halides is 3. The highest BCUT2D eigenvalue weighted by Crippen LogP contribution is 2.37. The number of hydrogen-bond acceptors (Lipinski definition) is 4. The van der Waals surface area contributed by atoms with E-state index < -0.39 is 42.5 Å². The summed E-state index contributed by atoms with van der Waals surface area (Å²) in [5, 5.41) is 0.252. The topological polar surface area (TPSA) is 66.9 Å². The van der Waals surface area contributed by atoms with E-state index in [1.165, 1.54) is 37.4 Å². The Morgan fingerprint density at radius 1 is 1.06 bits per heavy atom. The van der Waals surface area contributed by atoms with E-state index in [0.717, 1.165) is 29.0 Å². The van der Waals surface area contributed by atoms with Gasteiger partial charge in [0.25, 0.3) is 0 Å². The minimum Gasteiger partial charge on any atom is -0.410 e. The molecule has 0 aliphatic carbocycles. The van der Waals surface area contributed by atoms with Crippen LogP contribution < -0.4 is 4.74 Å². The number of rotatable bonds is 9. The molecule has 12 heteroatoms. The summed E-state index contributed by atoms with van der Waals surface area (Å²) in [6, 6.07) is 9.05. The van der Waals surface area contributed by atoms with E-state index in [4.69, 9.17) is 27.9 Å². The Bertz CT molecular complexity index is 1080. The van der Waals surface area contributed by atoms with Crippen LogP contribution in [0.3, 0.4) is 0 Å². The molecule has 35 heavy (non-hydrogen) atoms. The van der Waals surface area contributed by atoms with Crippen LogP contribution in [0.2, 0.25) is 10.0 Å². The zero-order valence-corrected chi connectivity index (χ0v) is 20.3. The second-order valence-electron chi connectivity index (χ2n) is 7.79. The van der Waals surface area contributed by atoms with Crippen molar-refractivity contribution in [3.63, 3.8) is 0 Å². The third kappa shape index (κ3) is 7.57. The Labute approximate surface area is 209 Å². The highest BCUT2D eigenvalue weighted by atomic mass is 35.5. The van der Waals surface area contributed by atoms with Crippen LogP contribution in [0.5, 0.6) is 5.75 Å². The lowest BCUT2D eigenvalue weighted by molar-refractivity contribution is -0.161. The van der Waals surface area contributed by atoms with E-state index >= 15 is 0 Å². The fourth-order valence-electron chi connectivity index (χ4n) is 3.53. The molecule has 1 atom stereocenters. The van der Waals surface area contributed by atoms with Gasteiger partial charge in [0.1, 0.15) is 24.3 Å². The first-order valence-electron chi connectivity index (χ1n) is 10.2. The van der Waals surface area contributed by atoms with E-state index in [-0.39, 0.29) is 28.6 Å². The third-order valence-corrected chi connectivity index (χ3v) is 6.07. The number of benzene rings is 2. The summed E-state index contributed by atoms with van der Waals surface area (Å²) >= 11 is 12.2. The highest BCUT2D eigenvalue weighted by molar-refractivity contribution is 6.42. The third-order valence-electron chi connectivity index (χ3n) is 5.33. The maximum atomic E-state index is 13.6. The van der Waals surface area contributed by atoms with Crippen LogP contribution in [0, 0.1) is 5.82 Å². The average Bonchev–Trinajstić information content (AvgIpc) is 2.76. The smallest absolute Gasteiger partial charge is 0.410 e. The molecule has 0 aromatic heterocycles. The Hall–Kier alpha value is -2.85. The molecule has 0 saturated heterocycles. The molecule has 2 aromatic carbocycles. The lowest BCUT2D eigenvalue weighted by atomic mass is 9.83. The van der Waals surface area contributed by atoms with E-state index in [0.29, 0.717) is 11.8 Å². The van der Waals surface area contributed by atoms with Crippen molar-refractivity contribution in [2.45, 2.75) is 31.0 Å². The van der Waals surface area contributed by atoms with Gasteiger partial charge in [0.15, 0.2) is 0 Å². The summed E-state index contributed by atoms with van der Waals surface area (Å²) in [7, 11) is 2.43. The van der Waals surface area contributed by atoms with Crippen molar-refractivity contribution in [2.24, 2.45) is 0 Å². The standard InChI is InChI=1S/C23H22Cl2F4N2O4/c1-30(20(33)13-23(27,28)29)14-22(9-4-10-32,15-7-8-18(24)19(25)11-15)31(2)21(34)35-17-6-3-5-16(26)12-17/h3,5-8,10-12H,4,9,13-14H2,1-2H3/t22-/m1/s1. The Morgan fingerprint density at radius 2 is 1.74 bits per heavy atom. The van der Waals surface area contributed by atoms with Crippen LogP contribution in [0.4, 0.5) is 22.4 Å². The molecule has 0 aliphatic rings. The number of ether oxygens (including phenoxy) is 1. The predicted molar refractivity (Wildman–Crippen MR) is 122 cm³/mol.